The van der Waals surface area contributed by atoms with E-state index in [-0.39, 0.29) is 0 Å². The van der Waals surface area contributed by atoms with Crippen LogP contribution in [0.25, 0.3) is 0 Å². The smallest absolute Gasteiger partial charge is 0.176 e. The average Bonchev–Trinajstić information content (AvgIpc) is 3.24. The summed E-state index contributed by atoms with van der Waals surface area (Å²) in [5.41, 5.74) is 4.74. The molecule has 0 bridgehead atoms. The van der Waals surface area contributed by atoms with Gasteiger partial charge in [0.2, 0.25) is 0 Å². The van der Waals surface area contributed by atoms with Gasteiger partial charge in [-0.05, 0) is 49.3 Å². The van der Waals surface area contributed by atoms with Crippen LogP contribution in [0.1, 0.15) is 22.5 Å². The summed E-state index contributed by atoms with van der Waals surface area (Å²) in [4.78, 5) is 0. The zero-order valence-corrected chi connectivity index (χ0v) is 21.0. The Morgan fingerprint density at radius 1 is 0.939 bits per heavy atom. The van der Waals surface area contributed by atoms with Gasteiger partial charge in [0.1, 0.15) is 5.02 Å². The van der Waals surface area contributed by atoms with E-state index in [4.69, 9.17) is 47.0 Å². The fourth-order valence-corrected chi connectivity index (χ4v) is 4.29. The minimum atomic E-state index is 0.372. The van der Waals surface area contributed by atoms with Crippen LogP contribution < -0.4 is 10.6 Å². The van der Waals surface area contributed by atoms with Crippen LogP contribution in [0.3, 0.4) is 0 Å². The molecule has 33 heavy (non-hydrogen) atoms. The second-order valence-corrected chi connectivity index (χ2v) is 9.19. The number of aromatic nitrogens is 4. The largest absolute Gasteiger partial charge is 0.329 e. The molecule has 0 fully saturated rings. The Kier molecular flexibility index (Phi) is 7.24. The van der Waals surface area contributed by atoms with Crippen LogP contribution >= 0.6 is 47.0 Å². The van der Waals surface area contributed by atoms with E-state index in [1.54, 1.807) is 23.0 Å². The third kappa shape index (κ3) is 5.68. The predicted octanol–water partition coefficient (Wildman–Crippen LogP) is 6.56. The van der Waals surface area contributed by atoms with E-state index in [1.165, 1.54) is 5.56 Å². The predicted molar refractivity (Wildman–Crippen MR) is 140 cm³/mol. The van der Waals surface area contributed by atoms with Crippen molar-refractivity contribution in [3.63, 3.8) is 0 Å². The molecule has 0 saturated heterocycles. The van der Waals surface area contributed by atoms with Crippen LogP contribution in [0.15, 0.2) is 54.7 Å². The van der Waals surface area contributed by atoms with Gasteiger partial charge in [0.15, 0.2) is 10.9 Å². The summed E-state index contributed by atoms with van der Waals surface area (Å²) in [7, 11) is 0. The molecular weight excluding hydrogens is 499 g/mol. The van der Waals surface area contributed by atoms with Gasteiger partial charge in [0.25, 0.3) is 0 Å². The van der Waals surface area contributed by atoms with Gasteiger partial charge in [-0.15, -0.1) is 0 Å². The number of benzene rings is 2. The second kappa shape index (κ2) is 10.1. The van der Waals surface area contributed by atoms with Crippen LogP contribution in [0.4, 0.5) is 11.5 Å². The summed E-state index contributed by atoms with van der Waals surface area (Å²) in [6, 6.07) is 15.5. The van der Waals surface area contributed by atoms with E-state index in [0.29, 0.717) is 39.1 Å². The van der Waals surface area contributed by atoms with Crippen molar-refractivity contribution in [3.8, 4) is 0 Å². The first kappa shape index (κ1) is 23.6. The van der Waals surface area contributed by atoms with Crippen molar-refractivity contribution in [2.24, 2.45) is 0 Å². The lowest BCUT2D eigenvalue weighted by Gasteiger charge is -2.10. The van der Waals surface area contributed by atoms with Crippen molar-refractivity contribution in [3.05, 3.63) is 92.3 Å². The number of hydrogen-bond donors (Lipinski definition) is 2. The van der Waals surface area contributed by atoms with Gasteiger partial charge in [-0.25, -0.2) is 0 Å². The van der Waals surface area contributed by atoms with Gasteiger partial charge in [0.05, 0.1) is 30.2 Å². The van der Waals surface area contributed by atoms with Crippen molar-refractivity contribution in [1.29, 1.82) is 0 Å². The van der Waals surface area contributed by atoms with E-state index < -0.39 is 0 Å². The number of nitrogens with zero attached hydrogens (tertiary/aromatic N) is 4. The molecule has 2 N–H and O–H groups in total. The fourth-order valence-electron chi connectivity index (χ4n) is 3.43. The molecular formula is C23H21Cl3N6S. The summed E-state index contributed by atoms with van der Waals surface area (Å²) in [5.74, 6) is 0.450. The van der Waals surface area contributed by atoms with Crippen LogP contribution in [0, 0.1) is 13.8 Å². The van der Waals surface area contributed by atoms with Gasteiger partial charge in [-0.2, -0.15) is 10.2 Å². The first-order valence-electron chi connectivity index (χ1n) is 10.1. The number of rotatable bonds is 6. The Labute approximate surface area is 212 Å². The molecule has 2 aromatic carbocycles. The number of halogens is 3. The van der Waals surface area contributed by atoms with Crippen molar-refractivity contribution >= 4 is 63.6 Å². The van der Waals surface area contributed by atoms with Gasteiger partial charge in [0, 0.05) is 16.2 Å². The standard InChI is InChI=1S/C23H21Cl3N6S/c1-14-21(15(2)32(29-14)11-16-6-4-3-5-7-16)27-23(33)28-22-20(26)13-31(30-22)12-17-8-9-18(24)10-19(17)25/h3-10,13H,11-12H2,1-2H3,(H2,27,28,30,33). The Morgan fingerprint density at radius 3 is 2.42 bits per heavy atom. The summed E-state index contributed by atoms with van der Waals surface area (Å²) in [5, 5.41) is 17.4. The normalized spacial score (nSPS) is 10.9. The maximum atomic E-state index is 6.38. The van der Waals surface area contributed by atoms with E-state index in [0.717, 1.165) is 22.6 Å². The molecule has 0 spiro atoms. The van der Waals surface area contributed by atoms with E-state index in [9.17, 15) is 0 Å². The SMILES string of the molecule is Cc1nn(Cc2ccccc2)c(C)c1NC(=S)Nc1nn(Cc2ccc(Cl)cc2Cl)cc1Cl. The van der Waals surface area contributed by atoms with Gasteiger partial charge < -0.3 is 10.6 Å². The molecule has 0 atom stereocenters. The maximum Gasteiger partial charge on any atom is 0.176 e. The molecule has 2 aromatic heterocycles. The lowest BCUT2D eigenvalue weighted by molar-refractivity contribution is 0.659. The molecule has 0 aliphatic carbocycles. The maximum absolute atomic E-state index is 6.38. The Hall–Kier alpha value is -2.58. The first-order valence-corrected chi connectivity index (χ1v) is 11.7. The van der Waals surface area contributed by atoms with Crippen LogP contribution in [-0.2, 0) is 13.1 Å². The second-order valence-electron chi connectivity index (χ2n) is 7.53. The molecule has 4 rings (SSSR count). The molecule has 2 heterocycles. The lowest BCUT2D eigenvalue weighted by atomic mass is 10.2. The van der Waals surface area contributed by atoms with Crippen LogP contribution in [0.2, 0.25) is 15.1 Å². The first-order chi connectivity index (χ1) is 15.8. The zero-order chi connectivity index (χ0) is 23.5. The number of thiocarbonyl (C=S) groups is 1. The van der Waals surface area contributed by atoms with Gasteiger partial charge in [-0.3, -0.25) is 9.36 Å². The molecule has 0 unspecified atom stereocenters. The van der Waals surface area contributed by atoms with Crippen LogP contribution in [-0.4, -0.2) is 24.7 Å². The van der Waals surface area contributed by atoms with Crippen molar-refractivity contribution in [2.45, 2.75) is 26.9 Å². The summed E-state index contributed by atoms with van der Waals surface area (Å²) in [6.07, 6.45) is 1.71. The highest BCUT2D eigenvalue weighted by atomic mass is 35.5. The summed E-state index contributed by atoms with van der Waals surface area (Å²) < 4.78 is 3.64. The molecule has 10 heteroatoms. The molecule has 6 nitrogen and oxygen atoms in total. The Bertz CT molecular complexity index is 1300. The molecule has 0 amide bonds. The monoisotopic (exact) mass is 518 g/mol. The molecule has 0 aliphatic rings. The lowest BCUT2D eigenvalue weighted by Crippen LogP contribution is -2.20. The van der Waals surface area contributed by atoms with E-state index in [1.807, 2.05) is 42.8 Å². The minimum Gasteiger partial charge on any atom is -0.329 e. The van der Waals surface area contributed by atoms with Gasteiger partial charge in [-0.1, -0.05) is 71.2 Å². The molecule has 0 radical (unpaired) electrons. The van der Waals surface area contributed by atoms with Crippen LogP contribution in [0.5, 0.6) is 0 Å². The number of nitrogens with one attached hydrogen (secondary N) is 2. The third-order valence-corrected chi connectivity index (χ3v) is 6.16. The van der Waals surface area contributed by atoms with Crippen molar-refractivity contribution in [2.75, 3.05) is 10.6 Å². The molecule has 170 valence electrons. The summed E-state index contributed by atoms with van der Waals surface area (Å²) in [6.45, 7) is 5.07. The molecule has 0 saturated carbocycles. The topological polar surface area (TPSA) is 59.7 Å². The fraction of sp³-hybridized carbons (Fsp3) is 0.174. The Balaban J connectivity index is 1.44. The third-order valence-electron chi connectivity index (χ3n) is 5.09. The molecule has 4 aromatic rings. The number of anilines is 2. The van der Waals surface area contributed by atoms with Crippen molar-refractivity contribution < 1.29 is 0 Å². The quantitative estimate of drug-likeness (QED) is 0.282. The zero-order valence-electron chi connectivity index (χ0n) is 17.9. The van der Waals surface area contributed by atoms with Gasteiger partial charge >= 0.3 is 0 Å². The average molecular weight is 520 g/mol. The minimum absolute atomic E-state index is 0.372. The van der Waals surface area contributed by atoms with Crippen molar-refractivity contribution in [1.82, 2.24) is 19.6 Å². The summed E-state index contributed by atoms with van der Waals surface area (Å²) >= 11 is 24.1. The number of aryl methyl sites for hydroxylation is 1. The Morgan fingerprint density at radius 2 is 1.70 bits per heavy atom. The highest BCUT2D eigenvalue weighted by Crippen LogP contribution is 2.25. The van der Waals surface area contributed by atoms with E-state index in [2.05, 4.69) is 33.0 Å². The highest BCUT2D eigenvalue weighted by molar-refractivity contribution is 7.80. The number of hydrogen-bond acceptors (Lipinski definition) is 3. The highest BCUT2D eigenvalue weighted by Gasteiger charge is 2.15. The van der Waals surface area contributed by atoms with E-state index >= 15 is 0 Å². The molecule has 0 aliphatic heterocycles.